The van der Waals surface area contributed by atoms with Crippen LogP contribution in [0.1, 0.15) is 66.2 Å². The van der Waals surface area contributed by atoms with Crippen molar-refractivity contribution < 1.29 is 4.79 Å². The predicted octanol–water partition coefficient (Wildman–Crippen LogP) is 3.63. The molecule has 0 aromatic carbocycles. The Labute approximate surface area is 140 Å². The van der Waals surface area contributed by atoms with Gasteiger partial charge in [0.25, 0.3) is 0 Å². The van der Waals surface area contributed by atoms with Crippen molar-refractivity contribution >= 4 is 23.2 Å². The van der Waals surface area contributed by atoms with Crippen molar-refractivity contribution in [2.45, 2.75) is 72.3 Å². The molecule has 22 heavy (non-hydrogen) atoms. The van der Waals surface area contributed by atoms with Gasteiger partial charge in [-0.05, 0) is 80.8 Å². The Morgan fingerprint density at radius 1 is 1.09 bits per heavy atom. The summed E-state index contributed by atoms with van der Waals surface area (Å²) in [5.74, 6) is 2.80. The molecule has 4 aliphatic rings. The molecule has 3 nitrogen and oxygen atoms in total. The van der Waals surface area contributed by atoms with Crippen molar-refractivity contribution in [2.24, 2.45) is 28.6 Å². The first-order valence-corrected chi connectivity index (χ1v) is 9.21. The number of hydrogen-bond donors (Lipinski definition) is 2. The van der Waals surface area contributed by atoms with Crippen molar-refractivity contribution in [1.82, 2.24) is 10.6 Å². The summed E-state index contributed by atoms with van der Waals surface area (Å²) in [7, 11) is 0. The number of carbonyl (C=O) groups is 1. The molecule has 0 heterocycles. The van der Waals surface area contributed by atoms with E-state index in [0.717, 1.165) is 17.8 Å². The van der Waals surface area contributed by atoms with E-state index >= 15 is 0 Å². The molecule has 4 heteroatoms. The molecule has 4 saturated carbocycles. The quantitative estimate of drug-likeness (QED) is 0.763. The van der Waals surface area contributed by atoms with Gasteiger partial charge >= 0.3 is 0 Å². The molecule has 0 saturated heterocycles. The number of hydrogen-bond acceptors (Lipinski definition) is 2. The van der Waals surface area contributed by atoms with Crippen LogP contribution in [0.25, 0.3) is 0 Å². The molecule has 4 bridgehead atoms. The first kappa shape index (κ1) is 16.2. The van der Waals surface area contributed by atoms with Crippen LogP contribution < -0.4 is 10.6 Å². The van der Waals surface area contributed by atoms with Gasteiger partial charge < -0.3 is 10.6 Å². The molecular formula is C18H30N2OS. The van der Waals surface area contributed by atoms with Crippen LogP contribution in [0.15, 0.2) is 0 Å². The van der Waals surface area contributed by atoms with Gasteiger partial charge in [0, 0.05) is 11.5 Å². The van der Waals surface area contributed by atoms with Gasteiger partial charge in [0.2, 0.25) is 5.91 Å². The summed E-state index contributed by atoms with van der Waals surface area (Å²) in [4.78, 5) is 12.1. The first-order chi connectivity index (χ1) is 10.2. The minimum Gasteiger partial charge on any atom is -0.359 e. The second kappa shape index (κ2) is 5.47. The molecule has 0 aromatic rings. The molecular weight excluding hydrogens is 292 g/mol. The van der Waals surface area contributed by atoms with Gasteiger partial charge in [0.15, 0.2) is 5.11 Å². The van der Waals surface area contributed by atoms with Crippen LogP contribution in [0, 0.1) is 28.6 Å². The Kier molecular flexibility index (Phi) is 4.03. The van der Waals surface area contributed by atoms with Crippen molar-refractivity contribution in [3.05, 3.63) is 0 Å². The van der Waals surface area contributed by atoms with Crippen molar-refractivity contribution in [1.29, 1.82) is 0 Å². The van der Waals surface area contributed by atoms with Gasteiger partial charge in [-0.1, -0.05) is 20.8 Å². The molecule has 124 valence electrons. The van der Waals surface area contributed by atoms with E-state index in [1.54, 1.807) is 0 Å². The summed E-state index contributed by atoms with van der Waals surface area (Å²) in [6, 6.07) is 0.355. The molecule has 2 N–H and O–H groups in total. The predicted molar refractivity (Wildman–Crippen MR) is 93.4 cm³/mol. The van der Waals surface area contributed by atoms with Gasteiger partial charge in [0.1, 0.15) is 0 Å². The van der Waals surface area contributed by atoms with Crippen LogP contribution in [-0.4, -0.2) is 17.1 Å². The molecule has 4 aliphatic carbocycles. The third kappa shape index (κ3) is 3.04. The Hall–Kier alpha value is -0.640. The molecule has 0 aromatic heterocycles. The van der Waals surface area contributed by atoms with Gasteiger partial charge in [-0.15, -0.1) is 0 Å². The Balaban J connectivity index is 1.61. The molecule has 1 atom stereocenters. The smallest absolute Gasteiger partial charge is 0.231 e. The second-order valence-electron chi connectivity index (χ2n) is 9.18. The maximum Gasteiger partial charge on any atom is 0.231 e. The van der Waals surface area contributed by atoms with E-state index in [-0.39, 0.29) is 5.91 Å². The zero-order valence-electron chi connectivity index (χ0n) is 14.4. The topological polar surface area (TPSA) is 41.1 Å². The van der Waals surface area contributed by atoms with Crippen molar-refractivity contribution in [2.75, 3.05) is 0 Å². The average molecular weight is 323 g/mol. The maximum atomic E-state index is 12.1. The highest BCUT2D eigenvalue weighted by Crippen LogP contribution is 2.61. The van der Waals surface area contributed by atoms with Crippen LogP contribution in [0.4, 0.5) is 0 Å². The van der Waals surface area contributed by atoms with Crippen LogP contribution in [-0.2, 0) is 4.79 Å². The first-order valence-electron chi connectivity index (χ1n) is 8.80. The van der Waals surface area contributed by atoms with E-state index in [1.165, 1.54) is 38.5 Å². The molecule has 0 aliphatic heterocycles. The van der Waals surface area contributed by atoms with Crippen LogP contribution in [0.3, 0.4) is 0 Å². The van der Waals surface area contributed by atoms with E-state index in [1.807, 2.05) is 20.8 Å². The van der Waals surface area contributed by atoms with Gasteiger partial charge in [-0.2, -0.15) is 0 Å². The van der Waals surface area contributed by atoms with Crippen molar-refractivity contribution in [3.8, 4) is 0 Å². The summed E-state index contributed by atoms with van der Waals surface area (Å²) < 4.78 is 0. The lowest BCUT2D eigenvalue weighted by atomic mass is 9.48. The van der Waals surface area contributed by atoms with Gasteiger partial charge in [-0.25, -0.2) is 0 Å². The van der Waals surface area contributed by atoms with E-state index in [2.05, 4.69) is 17.6 Å². The highest BCUT2D eigenvalue weighted by Gasteiger charge is 2.53. The molecule has 4 rings (SSSR count). The Morgan fingerprint density at radius 2 is 1.55 bits per heavy atom. The maximum absolute atomic E-state index is 12.1. The van der Waals surface area contributed by atoms with E-state index < -0.39 is 5.41 Å². The van der Waals surface area contributed by atoms with E-state index in [4.69, 9.17) is 12.2 Å². The van der Waals surface area contributed by atoms with Crippen LogP contribution in [0.2, 0.25) is 0 Å². The van der Waals surface area contributed by atoms with Crippen LogP contribution in [0.5, 0.6) is 0 Å². The number of thiocarbonyl (C=S) groups is 1. The zero-order valence-corrected chi connectivity index (χ0v) is 15.2. The lowest BCUT2D eigenvalue weighted by Crippen LogP contribution is -2.57. The average Bonchev–Trinajstić information content (AvgIpc) is 2.35. The fraction of sp³-hybridized carbons (Fsp3) is 0.889. The summed E-state index contributed by atoms with van der Waals surface area (Å²) in [6.45, 7) is 8.00. The lowest BCUT2D eigenvalue weighted by molar-refractivity contribution is -0.127. The van der Waals surface area contributed by atoms with Crippen molar-refractivity contribution in [3.63, 3.8) is 0 Å². The van der Waals surface area contributed by atoms with Crippen LogP contribution >= 0.6 is 12.2 Å². The Morgan fingerprint density at radius 3 is 1.95 bits per heavy atom. The lowest BCUT2D eigenvalue weighted by Gasteiger charge is -2.59. The summed E-state index contributed by atoms with van der Waals surface area (Å²) >= 11 is 5.39. The monoisotopic (exact) mass is 322 g/mol. The summed E-state index contributed by atoms with van der Waals surface area (Å²) in [6.07, 6.45) is 8.42. The second-order valence-corrected chi connectivity index (χ2v) is 9.59. The normalized spacial score (nSPS) is 37.7. The highest BCUT2D eigenvalue weighted by atomic mass is 32.1. The summed E-state index contributed by atoms with van der Waals surface area (Å²) in [5.41, 5.74) is 0.000927. The molecule has 0 spiro atoms. The Bertz CT molecular complexity index is 445. The molecule has 4 fully saturated rings. The number of carbonyl (C=O) groups excluding carboxylic acids is 1. The summed E-state index contributed by atoms with van der Waals surface area (Å²) in [5, 5.41) is 6.81. The van der Waals surface area contributed by atoms with Gasteiger partial charge in [0.05, 0.1) is 0 Å². The number of nitrogens with one attached hydrogen (secondary N) is 2. The van der Waals surface area contributed by atoms with E-state index in [9.17, 15) is 4.79 Å². The highest BCUT2D eigenvalue weighted by molar-refractivity contribution is 7.80. The molecule has 1 amide bonds. The zero-order chi connectivity index (χ0) is 16.1. The van der Waals surface area contributed by atoms with Gasteiger partial charge in [-0.3, -0.25) is 4.79 Å². The fourth-order valence-electron chi connectivity index (χ4n) is 5.38. The minimum absolute atomic E-state index is 0.0114. The minimum atomic E-state index is -0.407. The number of amides is 1. The van der Waals surface area contributed by atoms with E-state index in [0.29, 0.717) is 16.6 Å². The standard InChI is InChI=1S/C18H30N2OS/c1-11(19-16(22)20-15(21)17(2,3)4)18-8-12-5-13(9-18)7-14(6-12)10-18/h11-14H,5-10H2,1-4H3,(H2,19,20,21,22)/t11-,12?,13?,14?,18?/m1/s1. The molecule has 0 radical (unpaired) electrons. The third-order valence-electron chi connectivity index (χ3n) is 6.26. The third-order valence-corrected chi connectivity index (χ3v) is 6.48. The SMILES string of the molecule is C[C@@H](NC(=S)NC(=O)C(C)(C)C)C12CC3CC(CC(C3)C1)C2. The number of rotatable bonds is 2. The fourth-order valence-corrected chi connectivity index (χ4v) is 5.65. The molecule has 0 unspecified atom stereocenters. The largest absolute Gasteiger partial charge is 0.359 e.